The molecule has 7 nitrogen and oxygen atoms in total. The highest BCUT2D eigenvalue weighted by Gasteiger charge is 2.28. The number of benzene rings is 1. The quantitative estimate of drug-likeness (QED) is 0.801. The van der Waals surface area contributed by atoms with Crippen molar-refractivity contribution in [1.82, 2.24) is 24.3 Å². The highest BCUT2D eigenvalue weighted by molar-refractivity contribution is 6.01. The van der Waals surface area contributed by atoms with Gasteiger partial charge in [0, 0.05) is 23.1 Å². The lowest BCUT2D eigenvalue weighted by Crippen LogP contribution is -2.17. The summed E-state index contributed by atoms with van der Waals surface area (Å²) in [6, 6.07) is 8.03. The second-order valence-corrected chi connectivity index (χ2v) is 6.08. The van der Waals surface area contributed by atoms with Gasteiger partial charge in [-0.1, -0.05) is 0 Å². The molecule has 3 aromatic rings. The van der Waals surface area contributed by atoms with E-state index in [0.29, 0.717) is 11.9 Å². The Morgan fingerprint density at radius 2 is 1.92 bits per heavy atom. The van der Waals surface area contributed by atoms with Crippen molar-refractivity contribution in [2.45, 2.75) is 32.7 Å². The first-order chi connectivity index (χ1) is 11.6. The summed E-state index contributed by atoms with van der Waals surface area (Å²) in [5, 5.41) is 10.7. The molecule has 0 atom stereocenters. The van der Waals surface area contributed by atoms with E-state index in [9.17, 15) is 4.79 Å². The first-order valence-corrected chi connectivity index (χ1v) is 7.95. The topological polar surface area (TPSA) is 77.6 Å². The average Bonchev–Trinajstić information content (AvgIpc) is 3.22. The summed E-state index contributed by atoms with van der Waals surface area (Å²) >= 11 is 0. The van der Waals surface area contributed by atoms with E-state index in [1.165, 1.54) is 0 Å². The fourth-order valence-corrected chi connectivity index (χ4v) is 2.68. The van der Waals surface area contributed by atoms with Crippen LogP contribution in [0, 0.1) is 13.8 Å². The molecular weight excluding hydrogens is 304 g/mol. The van der Waals surface area contributed by atoms with Crippen molar-refractivity contribution in [3.8, 4) is 5.69 Å². The number of nitrogens with zero attached hydrogens (tertiary/aromatic N) is 5. The van der Waals surface area contributed by atoms with Gasteiger partial charge >= 0.3 is 0 Å². The minimum atomic E-state index is -0.234. The van der Waals surface area contributed by atoms with Crippen molar-refractivity contribution in [3.05, 3.63) is 54.1 Å². The van der Waals surface area contributed by atoms with E-state index >= 15 is 0 Å². The molecule has 2 heterocycles. The van der Waals surface area contributed by atoms with Crippen LogP contribution in [0.1, 0.15) is 40.9 Å². The van der Waals surface area contributed by atoms with Gasteiger partial charge in [-0.15, -0.1) is 10.2 Å². The number of anilines is 1. The first kappa shape index (κ1) is 14.6. The number of imidazole rings is 1. The summed E-state index contributed by atoms with van der Waals surface area (Å²) in [7, 11) is 0. The van der Waals surface area contributed by atoms with Crippen LogP contribution < -0.4 is 5.32 Å². The molecule has 4 rings (SSSR count). The van der Waals surface area contributed by atoms with Crippen LogP contribution in [0.25, 0.3) is 5.69 Å². The van der Waals surface area contributed by atoms with E-state index in [2.05, 4.69) is 20.5 Å². The summed E-state index contributed by atoms with van der Waals surface area (Å²) in [4.78, 5) is 16.7. The molecule has 24 heavy (non-hydrogen) atoms. The fraction of sp³-hybridized carbons (Fsp3) is 0.294. The van der Waals surface area contributed by atoms with E-state index in [1.807, 2.05) is 47.2 Å². The monoisotopic (exact) mass is 322 g/mol. The Morgan fingerprint density at radius 3 is 2.54 bits per heavy atom. The highest BCUT2D eigenvalue weighted by atomic mass is 16.2. The molecule has 0 saturated heterocycles. The Morgan fingerprint density at radius 1 is 1.17 bits per heavy atom. The maximum Gasteiger partial charge on any atom is 0.293 e. The van der Waals surface area contributed by atoms with Crippen LogP contribution in [0.2, 0.25) is 0 Å². The second kappa shape index (κ2) is 5.59. The third kappa shape index (κ3) is 2.58. The average molecular weight is 322 g/mol. The van der Waals surface area contributed by atoms with Crippen LogP contribution in [0.5, 0.6) is 0 Å². The van der Waals surface area contributed by atoms with Gasteiger partial charge in [0.05, 0.1) is 12.0 Å². The minimum Gasteiger partial charge on any atom is -0.319 e. The van der Waals surface area contributed by atoms with Gasteiger partial charge in [-0.2, -0.15) is 0 Å². The Hall–Kier alpha value is -2.96. The van der Waals surface area contributed by atoms with E-state index in [-0.39, 0.29) is 5.91 Å². The van der Waals surface area contributed by atoms with E-state index in [1.54, 1.807) is 12.7 Å². The largest absolute Gasteiger partial charge is 0.319 e. The summed E-state index contributed by atoms with van der Waals surface area (Å²) in [6.07, 6.45) is 5.59. The molecule has 1 saturated carbocycles. The van der Waals surface area contributed by atoms with Crippen LogP contribution >= 0.6 is 0 Å². The zero-order valence-electron chi connectivity index (χ0n) is 13.6. The van der Waals surface area contributed by atoms with Gasteiger partial charge < -0.3 is 14.5 Å². The Labute approximate surface area is 139 Å². The van der Waals surface area contributed by atoms with Gasteiger partial charge in [-0.05, 0) is 51.0 Å². The van der Waals surface area contributed by atoms with Crippen molar-refractivity contribution in [2.75, 3.05) is 5.32 Å². The maximum absolute atomic E-state index is 12.4. The second-order valence-electron chi connectivity index (χ2n) is 6.08. The van der Waals surface area contributed by atoms with Crippen LogP contribution in [0.3, 0.4) is 0 Å². The number of hydrogen-bond donors (Lipinski definition) is 1. The third-order valence-corrected chi connectivity index (χ3v) is 4.37. The molecule has 1 aliphatic carbocycles. The van der Waals surface area contributed by atoms with Crippen molar-refractivity contribution in [1.29, 1.82) is 0 Å². The third-order valence-electron chi connectivity index (χ3n) is 4.37. The minimum absolute atomic E-state index is 0.234. The van der Waals surface area contributed by atoms with E-state index in [0.717, 1.165) is 35.6 Å². The fourth-order valence-electron chi connectivity index (χ4n) is 2.68. The molecule has 0 spiro atoms. The lowest BCUT2D eigenvalue weighted by atomic mass is 10.2. The van der Waals surface area contributed by atoms with Gasteiger partial charge in [0.25, 0.3) is 5.91 Å². The summed E-state index contributed by atoms with van der Waals surface area (Å²) in [5.41, 5.74) is 3.84. The number of aryl methyl sites for hydroxylation is 1. The summed E-state index contributed by atoms with van der Waals surface area (Å²) in [5.74, 6) is 0.129. The maximum atomic E-state index is 12.4. The molecule has 122 valence electrons. The SMILES string of the molecule is Cc1ncn(-c2ccc(NC(=O)c3nncn3C3CC3)cc2)c1C. The Kier molecular flexibility index (Phi) is 3.41. The number of carbonyl (C=O) groups excluding carboxylic acids is 1. The van der Waals surface area contributed by atoms with Crippen molar-refractivity contribution in [2.24, 2.45) is 0 Å². The molecule has 0 radical (unpaired) electrons. The van der Waals surface area contributed by atoms with Crippen LogP contribution in [-0.2, 0) is 0 Å². The molecule has 0 aliphatic heterocycles. The number of rotatable bonds is 4. The number of carbonyl (C=O) groups is 1. The summed E-state index contributed by atoms with van der Waals surface area (Å²) in [6.45, 7) is 4.01. The highest BCUT2D eigenvalue weighted by Crippen LogP contribution is 2.35. The van der Waals surface area contributed by atoms with Gasteiger partial charge in [0.15, 0.2) is 0 Å². The van der Waals surface area contributed by atoms with Gasteiger partial charge in [-0.3, -0.25) is 4.79 Å². The number of amides is 1. The number of aromatic nitrogens is 5. The van der Waals surface area contributed by atoms with Crippen molar-refractivity contribution < 1.29 is 4.79 Å². The van der Waals surface area contributed by atoms with Crippen LogP contribution in [-0.4, -0.2) is 30.2 Å². The standard InChI is InChI=1S/C17H18N6O/c1-11-12(2)22(9-18-11)14-5-3-13(4-6-14)20-17(24)16-21-19-10-23(16)15-7-8-15/h3-6,9-10,15H,7-8H2,1-2H3,(H,20,24). The van der Waals surface area contributed by atoms with Gasteiger partial charge in [-0.25, -0.2) is 4.98 Å². The van der Waals surface area contributed by atoms with Crippen LogP contribution in [0.15, 0.2) is 36.9 Å². The lowest BCUT2D eigenvalue weighted by molar-refractivity contribution is 0.101. The molecule has 1 amide bonds. The number of hydrogen-bond acceptors (Lipinski definition) is 4. The Bertz CT molecular complexity index is 888. The van der Waals surface area contributed by atoms with Crippen molar-refractivity contribution in [3.63, 3.8) is 0 Å². The molecule has 7 heteroatoms. The molecule has 1 aromatic carbocycles. The first-order valence-electron chi connectivity index (χ1n) is 7.95. The Balaban J connectivity index is 1.52. The molecule has 1 aliphatic rings. The predicted octanol–water partition coefficient (Wildman–Crippen LogP) is 2.67. The zero-order chi connectivity index (χ0) is 16.7. The normalized spacial score (nSPS) is 13.9. The van der Waals surface area contributed by atoms with Crippen molar-refractivity contribution >= 4 is 11.6 Å². The summed E-state index contributed by atoms with van der Waals surface area (Å²) < 4.78 is 3.87. The molecular formula is C17H18N6O. The van der Waals surface area contributed by atoms with E-state index < -0.39 is 0 Å². The molecule has 0 bridgehead atoms. The lowest BCUT2D eigenvalue weighted by Gasteiger charge is -2.09. The molecule has 1 fully saturated rings. The zero-order valence-corrected chi connectivity index (χ0v) is 13.6. The molecule has 1 N–H and O–H groups in total. The molecule has 2 aromatic heterocycles. The predicted molar refractivity (Wildman–Crippen MR) is 89.3 cm³/mol. The van der Waals surface area contributed by atoms with Gasteiger partial charge in [0.2, 0.25) is 5.82 Å². The van der Waals surface area contributed by atoms with E-state index in [4.69, 9.17) is 0 Å². The van der Waals surface area contributed by atoms with Crippen LogP contribution in [0.4, 0.5) is 5.69 Å². The van der Waals surface area contributed by atoms with Gasteiger partial charge in [0.1, 0.15) is 6.33 Å². The smallest absolute Gasteiger partial charge is 0.293 e. The number of nitrogens with one attached hydrogen (secondary N) is 1. The molecule has 0 unspecified atom stereocenters.